The van der Waals surface area contributed by atoms with Crippen LogP contribution in [-0.2, 0) is 4.79 Å². The van der Waals surface area contributed by atoms with Gasteiger partial charge in [-0.3, -0.25) is 4.79 Å². The quantitative estimate of drug-likeness (QED) is 0.392. The molecule has 3 aromatic carbocycles. The smallest absolute Gasteiger partial charge is 0.323 e. The van der Waals surface area contributed by atoms with E-state index in [0.717, 1.165) is 11.1 Å². The summed E-state index contributed by atoms with van der Waals surface area (Å²) < 4.78 is 6.96. The maximum absolute atomic E-state index is 12.3. The van der Waals surface area contributed by atoms with Gasteiger partial charge in [-0.25, -0.2) is 9.78 Å². The fourth-order valence-corrected chi connectivity index (χ4v) is 3.54. The van der Waals surface area contributed by atoms with Crippen molar-refractivity contribution in [2.24, 2.45) is 0 Å². The van der Waals surface area contributed by atoms with Crippen molar-refractivity contribution in [3.05, 3.63) is 84.7 Å². The molecule has 0 saturated carbocycles. The summed E-state index contributed by atoms with van der Waals surface area (Å²) in [6, 6.07) is 21.0. The maximum Gasteiger partial charge on any atom is 0.323 e. The van der Waals surface area contributed by atoms with Gasteiger partial charge in [-0.1, -0.05) is 30.3 Å². The molecule has 0 spiro atoms. The number of aliphatic carboxylic acids is 1. The lowest BCUT2D eigenvalue weighted by atomic mass is 10.0. The van der Waals surface area contributed by atoms with E-state index in [2.05, 4.69) is 15.6 Å². The van der Waals surface area contributed by atoms with Gasteiger partial charge in [-0.15, -0.1) is 0 Å². The molecule has 162 valence electrons. The van der Waals surface area contributed by atoms with E-state index in [1.54, 1.807) is 49.8 Å². The second-order valence-corrected chi connectivity index (χ2v) is 7.19. The van der Waals surface area contributed by atoms with Crippen molar-refractivity contribution in [2.75, 3.05) is 17.7 Å². The minimum atomic E-state index is -0.894. The number of aromatic nitrogens is 2. The number of benzene rings is 3. The first-order valence-electron chi connectivity index (χ1n) is 9.99. The van der Waals surface area contributed by atoms with Gasteiger partial charge in [0, 0.05) is 11.4 Å². The van der Waals surface area contributed by atoms with Crippen LogP contribution in [0.4, 0.5) is 16.2 Å². The fourth-order valence-electron chi connectivity index (χ4n) is 3.54. The first-order chi connectivity index (χ1) is 15.5. The van der Waals surface area contributed by atoms with Gasteiger partial charge in [0.05, 0.1) is 36.9 Å². The van der Waals surface area contributed by atoms with Gasteiger partial charge in [0.25, 0.3) is 0 Å². The van der Waals surface area contributed by atoms with Gasteiger partial charge < -0.3 is 25.0 Å². The molecule has 1 atom stereocenters. The molecule has 0 bridgehead atoms. The summed E-state index contributed by atoms with van der Waals surface area (Å²) >= 11 is 0. The number of anilines is 2. The van der Waals surface area contributed by atoms with E-state index in [-0.39, 0.29) is 12.5 Å². The van der Waals surface area contributed by atoms with E-state index in [1.165, 1.54) is 0 Å². The van der Waals surface area contributed by atoms with E-state index < -0.39 is 12.0 Å². The molecular weight excluding hydrogens is 408 g/mol. The van der Waals surface area contributed by atoms with Crippen molar-refractivity contribution in [3.63, 3.8) is 0 Å². The third-order valence-corrected chi connectivity index (χ3v) is 5.07. The van der Waals surface area contributed by atoms with Crippen molar-refractivity contribution in [2.45, 2.75) is 12.5 Å². The van der Waals surface area contributed by atoms with Crippen LogP contribution in [0.25, 0.3) is 11.0 Å². The summed E-state index contributed by atoms with van der Waals surface area (Å²) in [7, 11) is 1.58. The zero-order valence-corrected chi connectivity index (χ0v) is 17.4. The molecule has 2 amide bonds. The van der Waals surface area contributed by atoms with Crippen molar-refractivity contribution in [3.8, 4) is 5.75 Å². The number of nitrogens with one attached hydrogen (secondary N) is 2. The van der Waals surface area contributed by atoms with E-state index in [0.29, 0.717) is 22.6 Å². The number of urea groups is 1. The second kappa shape index (κ2) is 9.22. The highest BCUT2D eigenvalue weighted by atomic mass is 16.5. The fraction of sp³-hybridized carbons (Fsp3) is 0.125. The van der Waals surface area contributed by atoms with Crippen LogP contribution in [0.5, 0.6) is 5.75 Å². The standard InChI is InChI=1S/C24H22N4O4/c1-32-19-10-7-17(8-11-19)26-24(31)27-18-9-12-21-20(13-18)25-15-28(21)22(14-23(29)30)16-5-3-2-4-6-16/h2-13,15,22H,14H2,1H3,(H,29,30)(H2,26,27,31). The number of imidazole rings is 1. The summed E-state index contributed by atoms with van der Waals surface area (Å²) in [5.74, 6) is -0.192. The number of carbonyl (C=O) groups is 2. The summed E-state index contributed by atoms with van der Waals surface area (Å²) in [4.78, 5) is 28.3. The predicted molar refractivity (Wildman–Crippen MR) is 122 cm³/mol. The number of amides is 2. The minimum Gasteiger partial charge on any atom is -0.497 e. The van der Waals surface area contributed by atoms with E-state index >= 15 is 0 Å². The van der Waals surface area contributed by atoms with Crippen LogP contribution in [0.3, 0.4) is 0 Å². The Bertz CT molecular complexity index is 1240. The summed E-state index contributed by atoms with van der Waals surface area (Å²) in [5, 5.41) is 15.0. The number of hydrogen-bond acceptors (Lipinski definition) is 4. The molecular formula is C24H22N4O4. The number of hydrogen-bond donors (Lipinski definition) is 3. The topological polar surface area (TPSA) is 105 Å². The van der Waals surface area contributed by atoms with Crippen molar-refractivity contribution in [1.29, 1.82) is 0 Å². The number of carbonyl (C=O) groups excluding carboxylic acids is 1. The van der Waals surface area contributed by atoms with Crippen molar-refractivity contribution >= 4 is 34.4 Å². The predicted octanol–water partition coefficient (Wildman–Crippen LogP) is 4.75. The highest BCUT2D eigenvalue weighted by Gasteiger charge is 2.19. The highest BCUT2D eigenvalue weighted by Crippen LogP contribution is 2.28. The molecule has 1 aromatic heterocycles. The van der Waals surface area contributed by atoms with Gasteiger partial charge in [-0.2, -0.15) is 0 Å². The van der Waals surface area contributed by atoms with Crippen LogP contribution in [0.1, 0.15) is 18.0 Å². The zero-order chi connectivity index (χ0) is 22.5. The van der Waals surface area contributed by atoms with Crippen LogP contribution >= 0.6 is 0 Å². The lowest BCUT2D eigenvalue weighted by molar-refractivity contribution is -0.137. The number of fused-ring (bicyclic) bond motifs is 1. The number of carboxylic acids is 1. The first kappa shape index (κ1) is 20.9. The number of ether oxygens (including phenoxy) is 1. The van der Waals surface area contributed by atoms with Gasteiger partial charge in [0.15, 0.2) is 0 Å². The molecule has 3 N–H and O–H groups in total. The normalized spacial score (nSPS) is 11.7. The third kappa shape index (κ3) is 4.70. The molecule has 4 rings (SSSR count). The molecule has 32 heavy (non-hydrogen) atoms. The summed E-state index contributed by atoms with van der Waals surface area (Å²) in [6.07, 6.45) is 1.56. The average molecular weight is 430 g/mol. The van der Waals surface area contributed by atoms with Crippen LogP contribution in [-0.4, -0.2) is 33.8 Å². The Labute approximate surface area is 184 Å². The number of methoxy groups -OCH3 is 1. The molecule has 0 aliphatic rings. The SMILES string of the molecule is COc1ccc(NC(=O)Nc2ccc3c(c2)ncn3C(CC(=O)O)c2ccccc2)cc1. The Balaban J connectivity index is 1.54. The second-order valence-electron chi connectivity index (χ2n) is 7.19. The molecule has 0 fully saturated rings. The lowest BCUT2D eigenvalue weighted by Gasteiger charge is -2.18. The Hall–Kier alpha value is -4.33. The van der Waals surface area contributed by atoms with Gasteiger partial charge in [-0.05, 0) is 48.0 Å². The zero-order valence-electron chi connectivity index (χ0n) is 17.4. The molecule has 8 nitrogen and oxygen atoms in total. The molecule has 0 saturated heterocycles. The Morgan fingerprint density at radius 2 is 1.69 bits per heavy atom. The maximum atomic E-state index is 12.3. The minimum absolute atomic E-state index is 0.0697. The molecule has 1 heterocycles. The Kier molecular flexibility index (Phi) is 6.03. The van der Waals surface area contributed by atoms with E-state index in [4.69, 9.17) is 4.74 Å². The molecule has 0 aliphatic heterocycles. The number of nitrogens with zero attached hydrogens (tertiary/aromatic N) is 2. The molecule has 0 radical (unpaired) electrons. The first-order valence-corrected chi connectivity index (χ1v) is 9.99. The summed E-state index contributed by atoms with van der Waals surface area (Å²) in [6.45, 7) is 0. The molecule has 1 unspecified atom stereocenters. The van der Waals surface area contributed by atoms with Gasteiger partial charge >= 0.3 is 12.0 Å². The summed E-state index contributed by atoms with van der Waals surface area (Å²) in [5.41, 5.74) is 3.52. The lowest BCUT2D eigenvalue weighted by Crippen LogP contribution is -2.19. The number of carboxylic acid groups (broad SMARTS) is 1. The van der Waals surface area contributed by atoms with Gasteiger partial charge in [0.1, 0.15) is 5.75 Å². The molecule has 0 aliphatic carbocycles. The van der Waals surface area contributed by atoms with Crippen LogP contribution < -0.4 is 15.4 Å². The van der Waals surface area contributed by atoms with E-state index in [9.17, 15) is 14.7 Å². The Morgan fingerprint density at radius 1 is 1.00 bits per heavy atom. The highest BCUT2D eigenvalue weighted by molar-refractivity contribution is 6.00. The van der Waals surface area contributed by atoms with Crippen molar-refractivity contribution in [1.82, 2.24) is 9.55 Å². The van der Waals surface area contributed by atoms with Crippen molar-refractivity contribution < 1.29 is 19.4 Å². The van der Waals surface area contributed by atoms with Crippen LogP contribution in [0.15, 0.2) is 79.1 Å². The van der Waals surface area contributed by atoms with Crippen LogP contribution in [0.2, 0.25) is 0 Å². The van der Waals surface area contributed by atoms with Gasteiger partial charge in [0.2, 0.25) is 0 Å². The monoisotopic (exact) mass is 430 g/mol. The van der Waals surface area contributed by atoms with E-state index in [1.807, 2.05) is 41.0 Å². The van der Waals surface area contributed by atoms with Crippen LogP contribution in [0, 0.1) is 0 Å². The Morgan fingerprint density at radius 3 is 2.38 bits per heavy atom. The molecule has 8 heteroatoms. The third-order valence-electron chi connectivity index (χ3n) is 5.07. The molecule has 4 aromatic rings. The largest absolute Gasteiger partial charge is 0.497 e. The number of rotatable bonds is 7. The average Bonchev–Trinajstić information content (AvgIpc) is 3.21.